The van der Waals surface area contributed by atoms with Gasteiger partial charge in [0.15, 0.2) is 0 Å². The molecule has 2 aromatic heterocycles. The van der Waals surface area contributed by atoms with Crippen LogP contribution in [0.1, 0.15) is 58.2 Å². The fourth-order valence-electron chi connectivity index (χ4n) is 10.0. The van der Waals surface area contributed by atoms with Crippen molar-refractivity contribution in [1.82, 2.24) is 9.55 Å². The van der Waals surface area contributed by atoms with Gasteiger partial charge in [-0.15, -0.1) is 0 Å². The summed E-state index contributed by atoms with van der Waals surface area (Å²) in [5, 5.41) is 2.00. The molecule has 5 heteroatoms. The number of hydrogen-bond acceptors (Lipinski definition) is 4. The van der Waals surface area contributed by atoms with E-state index in [2.05, 4.69) is 110 Å². The van der Waals surface area contributed by atoms with E-state index < -0.39 is 13.7 Å². The van der Waals surface area contributed by atoms with Crippen molar-refractivity contribution in [2.75, 3.05) is 16.5 Å². The third-order valence-corrected chi connectivity index (χ3v) is 14.1. The summed E-state index contributed by atoms with van der Waals surface area (Å²) in [6, 6.07) is 62.4. The molecule has 10 aromatic rings. The zero-order valence-electron chi connectivity index (χ0n) is 45.0. The predicted octanol–water partition coefficient (Wildman–Crippen LogP) is 17.1. The molecule has 0 N–H and O–H groups in total. The number of nitrogens with zero attached hydrogens (tertiary/aromatic N) is 4. The second kappa shape index (κ2) is 17.1. The molecule has 0 amide bonds. The van der Waals surface area contributed by atoms with Gasteiger partial charge in [0.2, 0.25) is 0 Å². The van der Waals surface area contributed by atoms with E-state index in [-0.39, 0.29) is 16.5 Å². The Morgan fingerprint density at radius 2 is 1.28 bits per heavy atom. The maximum absolute atomic E-state index is 8.95. The molecule has 334 valence electrons. The first-order valence-electron chi connectivity index (χ1n) is 26.3. The SMILES string of the molecule is [2H]C([2H])([2H])c1ccnc(-n2c3ccccc3c3ccc(Oc4cccc(N5CN(c6c(-c7ccc(C(C)(C)C(C)C)c(C)c7)cccc6-c6ccc(-c7ccccc7)cc6C([2H])([2H])[2H])c6ccccc65)c4)cc32)c1. The molecule has 3 heterocycles. The lowest BCUT2D eigenvalue weighted by atomic mass is 9.73. The van der Waals surface area contributed by atoms with Gasteiger partial charge in [-0.2, -0.15) is 0 Å². The molecule has 0 aliphatic carbocycles. The third-order valence-electron chi connectivity index (χ3n) is 14.1. The average Bonchev–Trinajstić information content (AvgIpc) is 3.94. The van der Waals surface area contributed by atoms with Crippen LogP contribution in [-0.2, 0) is 5.41 Å². The normalized spacial score (nSPS) is 14.3. The molecule has 8 aromatic carbocycles. The number of anilines is 4. The summed E-state index contributed by atoms with van der Waals surface area (Å²) in [6.45, 7) is 7.06. The van der Waals surface area contributed by atoms with E-state index in [1.807, 2.05) is 120 Å². The summed E-state index contributed by atoms with van der Waals surface area (Å²) in [5.41, 5.74) is 13.8. The van der Waals surface area contributed by atoms with Crippen molar-refractivity contribution in [2.24, 2.45) is 5.92 Å². The van der Waals surface area contributed by atoms with Crippen molar-refractivity contribution in [1.29, 1.82) is 0 Å². The van der Waals surface area contributed by atoms with Gasteiger partial charge in [0.25, 0.3) is 0 Å². The largest absolute Gasteiger partial charge is 0.457 e. The van der Waals surface area contributed by atoms with Crippen LogP contribution in [0.4, 0.5) is 22.7 Å². The number of ether oxygens (including phenoxy) is 1. The van der Waals surface area contributed by atoms with Crippen molar-refractivity contribution < 1.29 is 13.0 Å². The molecule has 0 atom stereocenters. The summed E-state index contributed by atoms with van der Waals surface area (Å²) in [5.74, 6) is 2.17. The summed E-state index contributed by atoms with van der Waals surface area (Å²) in [6.07, 6.45) is 1.55. The molecule has 11 rings (SSSR count). The van der Waals surface area contributed by atoms with Crippen LogP contribution < -0.4 is 14.5 Å². The first-order chi connectivity index (χ1) is 35.5. The van der Waals surface area contributed by atoms with Crippen molar-refractivity contribution in [3.05, 3.63) is 217 Å². The third kappa shape index (κ3) is 7.49. The lowest BCUT2D eigenvalue weighted by molar-refractivity contribution is 0.370. The van der Waals surface area contributed by atoms with E-state index in [4.69, 9.17) is 13.0 Å². The van der Waals surface area contributed by atoms with E-state index in [0.717, 1.165) is 72.4 Å². The van der Waals surface area contributed by atoms with E-state index in [9.17, 15) is 0 Å². The Kier molecular flexibility index (Phi) is 9.11. The van der Waals surface area contributed by atoms with Crippen LogP contribution in [0.2, 0.25) is 0 Å². The minimum Gasteiger partial charge on any atom is -0.457 e. The molecule has 0 spiro atoms. The zero-order chi connectivity index (χ0) is 51.7. The van der Waals surface area contributed by atoms with Gasteiger partial charge in [-0.1, -0.05) is 149 Å². The van der Waals surface area contributed by atoms with Crippen LogP contribution in [0.15, 0.2) is 194 Å². The Bertz CT molecular complexity index is 3760. The highest BCUT2D eigenvalue weighted by molar-refractivity contribution is 6.09. The van der Waals surface area contributed by atoms with E-state index in [0.29, 0.717) is 35.5 Å². The van der Waals surface area contributed by atoms with E-state index >= 15 is 0 Å². The topological polar surface area (TPSA) is 33.5 Å². The van der Waals surface area contributed by atoms with Crippen molar-refractivity contribution in [3.63, 3.8) is 0 Å². The number of rotatable bonds is 10. The molecule has 1 aliphatic rings. The predicted molar refractivity (Wildman–Crippen MR) is 286 cm³/mol. The van der Waals surface area contributed by atoms with Crippen LogP contribution in [0.3, 0.4) is 0 Å². The fraction of sp³-hybridized carbons (Fsp3) is 0.159. The Hall–Kier alpha value is -7.89. The molecule has 0 bridgehead atoms. The molecule has 0 radical (unpaired) electrons. The van der Waals surface area contributed by atoms with Gasteiger partial charge in [0.05, 0.1) is 28.1 Å². The smallest absolute Gasteiger partial charge is 0.137 e. The lowest BCUT2D eigenvalue weighted by Gasteiger charge is -2.32. The fourth-order valence-corrected chi connectivity index (χ4v) is 10.0. The molecular formula is C63H56N4O. The van der Waals surface area contributed by atoms with Crippen LogP contribution in [-0.4, -0.2) is 16.2 Å². The number of pyridine rings is 1. The molecular weight excluding hydrogens is 829 g/mol. The maximum Gasteiger partial charge on any atom is 0.137 e. The Morgan fingerprint density at radius 3 is 2.09 bits per heavy atom. The summed E-state index contributed by atoms with van der Waals surface area (Å²) < 4.78 is 59.9. The van der Waals surface area contributed by atoms with Gasteiger partial charge in [-0.05, 0) is 131 Å². The number of benzene rings is 8. The molecule has 0 fully saturated rings. The number of para-hydroxylation sites is 4. The van der Waals surface area contributed by atoms with E-state index in [1.54, 1.807) is 12.3 Å². The zero-order valence-corrected chi connectivity index (χ0v) is 39.0. The van der Waals surface area contributed by atoms with Gasteiger partial charge in [0.1, 0.15) is 24.0 Å². The van der Waals surface area contributed by atoms with Crippen LogP contribution in [0.5, 0.6) is 11.5 Å². The van der Waals surface area contributed by atoms with Crippen molar-refractivity contribution in [2.45, 2.75) is 53.7 Å². The van der Waals surface area contributed by atoms with Crippen molar-refractivity contribution >= 4 is 44.6 Å². The number of aromatic nitrogens is 2. The molecule has 5 nitrogen and oxygen atoms in total. The highest BCUT2D eigenvalue weighted by Crippen LogP contribution is 2.51. The quantitative estimate of drug-likeness (QED) is 0.137. The average molecular weight is 891 g/mol. The standard InChI is InChI=1S/C63H56N4O/c1-41(2)63(6,7)56-32-28-47(37-44(56)5)52-22-16-23-55(51-30-27-46(36-43(51)4)45-17-9-8-10-18-45)62(52)66-40-65(58-25-13-14-26-59(58)66)48-19-15-20-49(38-48)68-50-29-31-54-53-21-11-12-24-57(53)67(60(54)39-50)61-35-42(3)33-34-64-61/h8-39,41H,40H2,1-7H3/i3D3,4D3. The maximum atomic E-state index is 8.95. The summed E-state index contributed by atoms with van der Waals surface area (Å²) in [7, 11) is 0. The second-order valence-electron chi connectivity index (χ2n) is 18.8. The highest BCUT2D eigenvalue weighted by atomic mass is 16.5. The van der Waals surface area contributed by atoms with Gasteiger partial charge < -0.3 is 14.5 Å². The molecule has 68 heavy (non-hydrogen) atoms. The van der Waals surface area contributed by atoms with Crippen LogP contribution in [0.25, 0.3) is 61.0 Å². The minimum atomic E-state index is -2.41. The van der Waals surface area contributed by atoms with E-state index in [1.165, 1.54) is 17.2 Å². The minimum absolute atomic E-state index is 0.0469. The Morgan fingerprint density at radius 1 is 0.559 bits per heavy atom. The monoisotopic (exact) mass is 890 g/mol. The summed E-state index contributed by atoms with van der Waals surface area (Å²) >= 11 is 0. The van der Waals surface area contributed by atoms with Crippen molar-refractivity contribution in [3.8, 4) is 50.7 Å². The van der Waals surface area contributed by atoms with Gasteiger partial charge in [-0.25, -0.2) is 4.98 Å². The lowest BCUT2D eigenvalue weighted by Crippen LogP contribution is -2.25. The molecule has 0 saturated heterocycles. The number of hydrogen-bond donors (Lipinski definition) is 0. The van der Waals surface area contributed by atoms with Crippen LogP contribution in [0, 0.1) is 26.5 Å². The number of aryl methyl sites for hydroxylation is 3. The highest BCUT2D eigenvalue weighted by Gasteiger charge is 2.32. The molecule has 0 unspecified atom stereocenters. The van der Waals surface area contributed by atoms with Gasteiger partial charge in [-0.3, -0.25) is 4.57 Å². The van der Waals surface area contributed by atoms with Gasteiger partial charge >= 0.3 is 0 Å². The molecule has 0 saturated carbocycles. The molecule has 1 aliphatic heterocycles. The number of fused-ring (bicyclic) bond motifs is 4. The first-order valence-corrected chi connectivity index (χ1v) is 23.3. The van der Waals surface area contributed by atoms with Gasteiger partial charge in [0, 0.05) is 54.1 Å². The summed E-state index contributed by atoms with van der Waals surface area (Å²) in [4.78, 5) is 9.24. The first kappa shape index (κ1) is 36.3. The van der Waals surface area contributed by atoms with Crippen LogP contribution >= 0.6 is 0 Å². The second-order valence-corrected chi connectivity index (χ2v) is 18.8. The Labute approximate surface area is 409 Å². The Balaban J connectivity index is 1.02.